The lowest BCUT2D eigenvalue weighted by molar-refractivity contribution is -0.485. The van der Waals surface area contributed by atoms with Gasteiger partial charge in [0.15, 0.2) is 5.78 Å². The molecule has 0 saturated carbocycles. The van der Waals surface area contributed by atoms with Crippen LogP contribution < -0.4 is 0 Å². The molecule has 0 bridgehead atoms. The van der Waals surface area contributed by atoms with Crippen LogP contribution in [0.25, 0.3) is 0 Å². The number of benzene rings is 2. The number of carboxylic acid groups (broad SMARTS) is 1. The molecule has 0 fully saturated rings. The Morgan fingerprint density at radius 3 is 2.00 bits per heavy atom. The average Bonchev–Trinajstić information content (AvgIpc) is 2.54. The van der Waals surface area contributed by atoms with Crippen LogP contribution in [0.1, 0.15) is 21.8 Å². The zero-order valence-corrected chi connectivity index (χ0v) is 12.2. The van der Waals surface area contributed by atoms with Gasteiger partial charge in [-0.2, -0.15) is 0 Å². The van der Waals surface area contributed by atoms with Gasteiger partial charge in [-0.15, -0.1) is 0 Å². The summed E-state index contributed by atoms with van der Waals surface area (Å²) in [5.41, 5.74) is 0.637. The predicted molar refractivity (Wildman–Crippen MR) is 82.9 cm³/mol. The molecule has 6 heteroatoms. The molecule has 2 aromatic rings. The van der Waals surface area contributed by atoms with Gasteiger partial charge in [0, 0.05) is 10.5 Å². The van der Waals surface area contributed by atoms with E-state index in [-0.39, 0.29) is 5.56 Å². The molecular weight excluding hydrogens is 298 g/mol. The van der Waals surface area contributed by atoms with Gasteiger partial charge in [-0.3, -0.25) is 19.7 Å². The van der Waals surface area contributed by atoms with Crippen molar-refractivity contribution in [3.63, 3.8) is 0 Å². The first kappa shape index (κ1) is 16.4. The van der Waals surface area contributed by atoms with Crippen LogP contribution in [0.4, 0.5) is 0 Å². The molecule has 118 valence electrons. The minimum absolute atomic E-state index is 0.265. The molecule has 2 aromatic carbocycles. The molecule has 0 saturated heterocycles. The smallest absolute Gasteiger partial charge is 0.311 e. The standard InChI is InChI=1S/C17H15NO5/c19-16(13-9-5-2-6-10-13)14(11-18(22)23)15(17(20)21)12-7-3-1-4-8-12/h1-10,14-15H,11H2,(H,20,21). The topological polar surface area (TPSA) is 97.5 Å². The number of rotatable bonds is 7. The highest BCUT2D eigenvalue weighted by Crippen LogP contribution is 2.28. The minimum Gasteiger partial charge on any atom is -0.481 e. The number of aliphatic carboxylic acids is 1. The van der Waals surface area contributed by atoms with Crippen molar-refractivity contribution < 1.29 is 19.6 Å². The van der Waals surface area contributed by atoms with Gasteiger partial charge >= 0.3 is 5.97 Å². The molecule has 0 aromatic heterocycles. The Hall–Kier alpha value is -3.02. The van der Waals surface area contributed by atoms with E-state index >= 15 is 0 Å². The molecule has 0 amide bonds. The highest BCUT2D eigenvalue weighted by Gasteiger charge is 2.38. The van der Waals surface area contributed by atoms with Gasteiger partial charge in [0.2, 0.25) is 6.54 Å². The number of ketones is 1. The molecule has 0 aliphatic rings. The third kappa shape index (κ3) is 4.00. The van der Waals surface area contributed by atoms with E-state index in [2.05, 4.69) is 0 Å². The number of nitro groups is 1. The molecule has 2 atom stereocenters. The van der Waals surface area contributed by atoms with Crippen molar-refractivity contribution in [3.8, 4) is 0 Å². The lowest BCUT2D eigenvalue weighted by Crippen LogP contribution is -2.33. The van der Waals surface area contributed by atoms with Crippen LogP contribution in [0, 0.1) is 16.0 Å². The predicted octanol–water partition coefficient (Wildman–Crippen LogP) is 2.63. The summed E-state index contributed by atoms with van der Waals surface area (Å²) in [7, 11) is 0. The van der Waals surface area contributed by atoms with Crippen molar-refractivity contribution in [1.29, 1.82) is 0 Å². The minimum atomic E-state index is -1.27. The number of carbonyl (C=O) groups is 2. The molecule has 2 rings (SSSR count). The summed E-state index contributed by atoms with van der Waals surface area (Å²) < 4.78 is 0. The number of hydrogen-bond acceptors (Lipinski definition) is 4. The van der Waals surface area contributed by atoms with Gasteiger partial charge in [-0.25, -0.2) is 0 Å². The Kier molecular flexibility index (Phi) is 5.19. The van der Waals surface area contributed by atoms with Crippen molar-refractivity contribution in [2.45, 2.75) is 5.92 Å². The van der Waals surface area contributed by atoms with Crippen molar-refractivity contribution in [2.75, 3.05) is 6.54 Å². The van der Waals surface area contributed by atoms with Crippen LogP contribution in [0.15, 0.2) is 60.7 Å². The SMILES string of the molecule is O=C(c1ccccc1)C(C[N+](=O)[O-])C(C(=O)O)c1ccccc1. The van der Waals surface area contributed by atoms with E-state index in [0.29, 0.717) is 5.56 Å². The van der Waals surface area contributed by atoms with Crippen LogP contribution in [0.5, 0.6) is 0 Å². The lowest BCUT2D eigenvalue weighted by atomic mass is 9.81. The summed E-state index contributed by atoms with van der Waals surface area (Å²) >= 11 is 0. The molecular formula is C17H15NO5. The Morgan fingerprint density at radius 2 is 1.52 bits per heavy atom. The Bertz CT molecular complexity index is 699. The maximum Gasteiger partial charge on any atom is 0.311 e. The largest absolute Gasteiger partial charge is 0.481 e. The molecule has 1 N–H and O–H groups in total. The van der Waals surface area contributed by atoms with Gasteiger partial charge in [0.05, 0.1) is 5.92 Å². The van der Waals surface area contributed by atoms with Crippen LogP contribution in [0.2, 0.25) is 0 Å². The monoisotopic (exact) mass is 313 g/mol. The van der Waals surface area contributed by atoms with Crippen LogP contribution in [-0.2, 0) is 4.79 Å². The molecule has 0 heterocycles. The van der Waals surface area contributed by atoms with E-state index in [4.69, 9.17) is 0 Å². The molecule has 2 unspecified atom stereocenters. The Morgan fingerprint density at radius 1 is 1.00 bits per heavy atom. The van der Waals surface area contributed by atoms with Gasteiger partial charge < -0.3 is 5.11 Å². The van der Waals surface area contributed by atoms with E-state index in [1.807, 2.05) is 0 Å². The third-order valence-corrected chi connectivity index (χ3v) is 3.57. The lowest BCUT2D eigenvalue weighted by Gasteiger charge is -2.20. The zero-order chi connectivity index (χ0) is 16.8. The normalized spacial score (nSPS) is 13.0. The summed E-state index contributed by atoms with van der Waals surface area (Å²) in [6.07, 6.45) is 0. The van der Waals surface area contributed by atoms with E-state index in [0.717, 1.165) is 0 Å². The Balaban J connectivity index is 2.45. The highest BCUT2D eigenvalue weighted by molar-refractivity contribution is 6.01. The van der Waals surface area contributed by atoms with E-state index in [1.54, 1.807) is 48.5 Å². The maximum atomic E-state index is 12.6. The first-order valence-electron chi connectivity index (χ1n) is 6.99. The number of carboxylic acids is 1. The number of carbonyl (C=O) groups excluding carboxylic acids is 1. The first-order chi connectivity index (χ1) is 11.0. The maximum absolute atomic E-state index is 12.6. The quantitative estimate of drug-likeness (QED) is 0.481. The molecule has 0 aliphatic carbocycles. The second-order valence-electron chi connectivity index (χ2n) is 5.08. The highest BCUT2D eigenvalue weighted by atomic mass is 16.6. The Labute approximate surface area is 132 Å². The number of hydrogen-bond donors (Lipinski definition) is 1. The van der Waals surface area contributed by atoms with Crippen LogP contribution in [-0.4, -0.2) is 28.3 Å². The second-order valence-corrected chi connectivity index (χ2v) is 5.08. The van der Waals surface area contributed by atoms with Gasteiger partial charge in [-0.1, -0.05) is 60.7 Å². The zero-order valence-electron chi connectivity index (χ0n) is 12.2. The van der Waals surface area contributed by atoms with Gasteiger partial charge in [0.1, 0.15) is 5.92 Å². The fraction of sp³-hybridized carbons (Fsp3) is 0.176. The summed E-state index contributed by atoms with van der Waals surface area (Å²) in [5.74, 6) is -4.34. The van der Waals surface area contributed by atoms with Crippen molar-refractivity contribution in [2.24, 2.45) is 5.92 Å². The first-order valence-corrected chi connectivity index (χ1v) is 6.99. The molecule has 0 aliphatic heterocycles. The number of Topliss-reactive ketones (excluding diaryl/α,β-unsaturated/α-hetero) is 1. The summed E-state index contributed by atoms with van der Waals surface area (Å²) in [4.78, 5) is 34.6. The summed E-state index contributed by atoms with van der Waals surface area (Å²) in [6, 6.07) is 16.1. The number of nitrogens with zero attached hydrogens (tertiary/aromatic N) is 1. The fourth-order valence-electron chi connectivity index (χ4n) is 2.52. The molecule has 6 nitrogen and oxygen atoms in total. The van der Waals surface area contributed by atoms with E-state index < -0.39 is 35.1 Å². The fourth-order valence-corrected chi connectivity index (χ4v) is 2.52. The van der Waals surface area contributed by atoms with Gasteiger partial charge in [-0.05, 0) is 5.56 Å². The molecule has 0 radical (unpaired) electrons. The molecule has 23 heavy (non-hydrogen) atoms. The van der Waals surface area contributed by atoms with Crippen molar-refractivity contribution >= 4 is 11.8 Å². The molecule has 0 spiro atoms. The van der Waals surface area contributed by atoms with Crippen LogP contribution >= 0.6 is 0 Å². The average molecular weight is 313 g/mol. The van der Waals surface area contributed by atoms with Crippen LogP contribution in [0.3, 0.4) is 0 Å². The van der Waals surface area contributed by atoms with Crippen molar-refractivity contribution in [3.05, 3.63) is 81.9 Å². The summed E-state index contributed by atoms with van der Waals surface area (Å²) in [6.45, 7) is -0.737. The summed E-state index contributed by atoms with van der Waals surface area (Å²) in [5, 5.41) is 20.5. The van der Waals surface area contributed by atoms with E-state index in [1.165, 1.54) is 12.1 Å². The van der Waals surface area contributed by atoms with Crippen molar-refractivity contribution in [1.82, 2.24) is 0 Å². The third-order valence-electron chi connectivity index (χ3n) is 3.57. The second kappa shape index (κ2) is 7.31. The van der Waals surface area contributed by atoms with E-state index in [9.17, 15) is 24.8 Å². The van der Waals surface area contributed by atoms with Gasteiger partial charge in [0.25, 0.3) is 0 Å².